The third-order valence-electron chi connectivity index (χ3n) is 2.89. The van der Waals surface area contributed by atoms with E-state index in [1.807, 2.05) is 12.1 Å². The minimum Gasteiger partial charge on any atom is -0.478 e. The van der Waals surface area contributed by atoms with E-state index in [0.717, 1.165) is 23.9 Å². The summed E-state index contributed by atoms with van der Waals surface area (Å²) in [5.74, 6) is 0.692. The van der Waals surface area contributed by atoms with Crippen LogP contribution in [0.4, 0.5) is 0 Å². The second-order valence-electron chi connectivity index (χ2n) is 4.29. The molecule has 17 heavy (non-hydrogen) atoms. The second-order valence-corrected chi connectivity index (χ2v) is 5.21. The third kappa shape index (κ3) is 4.64. The van der Waals surface area contributed by atoms with Gasteiger partial charge in [0.05, 0.1) is 12.7 Å². The van der Waals surface area contributed by atoms with Gasteiger partial charge >= 0.3 is 0 Å². The highest BCUT2D eigenvalue weighted by molar-refractivity contribution is 9.10. The van der Waals surface area contributed by atoms with Crippen molar-refractivity contribution in [3.05, 3.63) is 22.8 Å². The first-order chi connectivity index (χ1) is 8.34. The minimum atomic E-state index is 0.449. The van der Waals surface area contributed by atoms with Crippen LogP contribution >= 0.6 is 15.9 Å². The predicted octanol–water partition coefficient (Wildman–Crippen LogP) is 3.57. The van der Waals surface area contributed by atoms with E-state index in [-0.39, 0.29) is 0 Å². The van der Waals surface area contributed by atoms with Crippen molar-refractivity contribution >= 4 is 15.9 Å². The molecule has 1 atom stereocenters. The zero-order chi connectivity index (χ0) is 11.9. The van der Waals surface area contributed by atoms with Crippen molar-refractivity contribution in [1.29, 1.82) is 0 Å². The summed E-state index contributed by atoms with van der Waals surface area (Å²) in [5.41, 5.74) is 0. The first-order valence-electron chi connectivity index (χ1n) is 6.20. The molecule has 0 aliphatic carbocycles. The summed E-state index contributed by atoms with van der Waals surface area (Å²) in [4.78, 5) is 4.16. The lowest BCUT2D eigenvalue weighted by molar-refractivity contribution is 0.00816. The molecular formula is C13H18BrNO2. The Kier molecular flexibility index (Phi) is 5.26. The fourth-order valence-corrected chi connectivity index (χ4v) is 2.20. The van der Waals surface area contributed by atoms with Crippen molar-refractivity contribution in [2.45, 2.75) is 38.2 Å². The van der Waals surface area contributed by atoms with Crippen LogP contribution in [0.3, 0.4) is 0 Å². The Morgan fingerprint density at radius 1 is 1.41 bits per heavy atom. The monoisotopic (exact) mass is 299 g/mol. The van der Waals surface area contributed by atoms with Crippen LogP contribution < -0.4 is 4.74 Å². The van der Waals surface area contributed by atoms with Gasteiger partial charge in [-0.1, -0.05) is 0 Å². The fraction of sp³-hybridized carbons (Fsp3) is 0.615. The number of nitrogens with zero attached hydrogens (tertiary/aromatic N) is 1. The molecule has 0 bridgehead atoms. The van der Waals surface area contributed by atoms with E-state index in [1.165, 1.54) is 19.3 Å². The topological polar surface area (TPSA) is 31.4 Å². The number of pyridine rings is 1. The van der Waals surface area contributed by atoms with Crippen LogP contribution in [-0.4, -0.2) is 24.3 Å². The molecule has 3 nitrogen and oxygen atoms in total. The summed E-state index contributed by atoms with van der Waals surface area (Å²) in [7, 11) is 0. The number of aromatic nitrogens is 1. The van der Waals surface area contributed by atoms with Crippen molar-refractivity contribution in [3.8, 4) is 5.88 Å². The average molecular weight is 300 g/mol. The molecule has 94 valence electrons. The quantitative estimate of drug-likeness (QED) is 0.779. The van der Waals surface area contributed by atoms with E-state index < -0.39 is 0 Å². The summed E-state index contributed by atoms with van der Waals surface area (Å²) in [5, 5.41) is 0. The van der Waals surface area contributed by atoms with Gasteiger partial charge in [-0.15, -0.1) is 0 Å². The zero-order valence-electron chi connectivity index (χ0n) is 9.90. The molecule has 4 heteroatoms. The Labute approximate surface area is 111 Å². The van der Waals surface area contributed by atoms with Crippen LogP contribution in [0.25, 0.3) is 0 Å². The molecule has 0 amide bonds. The molecule has 1 aliphatic rings. The van der Waals surface area contributed by atoms with Gasteiger partial charge in [-0.25, -0.2) is 4.98 Å². The van der Waals surface area contributed by atoms with Gasteiger partial charge in [0, 0.05) is 23.3 Å². The number of hydrogen-bond donors (Lipinski definition) is 0. The SMILES string of the molecule is Brc1ccc(OCCCC2CCCCO2)nc1. The van der Waals surface area contributed by atoms with Crippen molar-refractivity contribution in [2.24, 2.45) is 0 Å². The van der Waals surface area contributed by atoms with E-state index in [2.05, 4.69) is 20.9 Å². The summed E-state index contributed by atoms with van der Waals surface area (Å²) in [6.45, 7) is 1.65. The molecule has 1 unspecified atom stereocenters. The van der Waals surface area contributed by atoms with Gasteiger partial charge < -0.3 is 9.47 Å². The summed E-state index contributed by atoms with van der Waals surface area (Å²) < 4.78 is 12.2. The Hall–Kier alpha value is -0.610. The summed E-state index contributed by atoms with van der Waals surface area (Å²) in [6, 6.07) is 3.81. The first kappa shape index (κ1) is 12.8. The highest BCUT2D eigenvalue weighted by atomic mass is 79.9. The molecule has 0 aromatic carbocycles. The molecule has 1 fully saturated rings. The maximum Gasteiger partial charge on any atom is 0.213 e. The number of halogens is 1. The second kappa shape index (κ2) is 6.97. The van der Waals surface area contributed by atoms with E-state index >= 15 is 0 Å². The molecular weight excluding hydrogens is 282 g/mol. The van der Waals surface area contributed by atoms with Gasteiger partial charge in [0.2, 0.25) is 5.88 Å². The Morgan fingerprint density at radius 2 is 2.35 bits per heavy atom. The Morgan fingerprint density at radius 3 is 3.06 bits per heavy atom. The van der Waals surface area contributed by atoms with E-state index in [1.54, 1.807) is 6.20 Å². The van der Waals surface area contributed by atoms with Crippen molar-refractivity contribution in [2.75, 3.05) is 13.2 Å². The van der Waals surface area contributed by atoms with E-state index in [4.69, 9.17) is 9.47 Å². The zero-order valence-corrected chi connectivity index (χ0v) is 11.5. The molecule has 1 aliphatic heterocycles. The maximum absolute atomic E-state index is 5.67. The van der Waals surface area contributed by atoms with Gasteiger partial charge in [0.25, 0.3) is 0 Å². The smallest absolute Gasteiger partial charge is 0.213 e. The predicted molar refractivity (Wildman–Crippen MR) is 70.3 cm³/mol. The number of hydrogen-bond acceptors (Lipinski definition) is 3. The van der Waals surface area contributed by atoms with Gasteiger partial charge in [-0.2, -0.15) is 0 Å². The molecule has 0 saturated carbocycles. The van der Waals surface area contributed by atoms with Gasteiger partial charge in [0.1, 0.15) is 0 Å². The van der Waals surface area contributed by atoms with Gasteiger partial charge in [-0.3, -0.25) is 0 Å². The first-order valence-corrected chi connectivity index (χ1v) is 7.00. The van der Waals surface area contributed by atoms with E-state index in [9.17, 15) is 0 Å². The lowest BCUT2D eigenvalue weighted by Crippen LogP contribution is -2.19. The van der Waals surface area contributed by atoms with Crippen LogP contribution in [-0.2, 0) is 4.74 Å². The van der Waals surface area contributed by atoms with Crippen molar-refractivity contribution in [3.63, 3.8) is 0 Å². The minimum absolute atomic E-state index is 0.449. The molecule has 2 rings (SSSR count). The van der Waals surface area contributed by atoms with Crippen LogP contribution in [0.15, 0.2) is 22.8 Å². The van der Waals surface area contributed by atoms with Crippen molar-refractivity contribution in [1.82, 2.24) is 4.98 Å². The van der Waals surface area contributed by atoms with Crippen LogP contribution in [0.1, 0.15) is 32.1 Å². The van der Waals surface area contributed by atoms with Crippen LogP contribution in [0.5, 0.6) is 5.88 Å². The van der Waals surface area contributed by atoms with Gasteiger partial charge in [-0.05, 0) is 54.1 Å². The number of ether oxygens (including phenoxy) is 2. The molecule has 1 aromatic rings. The Balaban J connectivity index is 1.60. The standard InChI is InChI=1S/C13H18BrNO2/c14-11-6-7-13(15-10-11)17-9-3-5-12-4-1-2-8-16-12/h6-7,10,12H,1-5,8-9H2. The summed E-state index contributed by atoms with van der Waals surface area (Å²) in [6.07, 6.45) is 8.05. The molecule has 1 saturated heterocycles. The normalized spacial score (nSPS) is 20.2. The number of rotatable bonds is 5. The fourth-order valence-electron chi connectivity index (χ4n) is 1.97. The molecule has 1 aromatic heterocycles. The molecule has 2 heterocycles. The molecule has 0 N–H and O–H groups in total. The van der Waals surface area contributed by atoms with Crippen LogP contribution in [0, 0.1) is 0 Å². The average Bonchev–Trinajstić information content (AvgIpc) is 2.38. The maximum atomic E-state index is 5.67. The summed E-state index contributed by atoms with van der Waals surface area (Å²) >= 11 is 3.34. The molecule has 0 radical (unpaired) electrons. The van der Waals surface area contributed by atoms with Gasteiger partial charge in [0.15, 0.2) is 0 Å². The Bertz CT molecular complexity index is 323. The highest BCUT2D eigenvalue weighted by Gasteiger charge is 2.12. The van der Waals surface area contributed by atoms with Crippen LogP contribution in [0.2, 0.25) is 0 Å². The largest absolute Gasteiger partial charge is 0.478 e. The lowest BCUT2D eigenvalue weighted by atomic mass is 10.1. The molecule has 0 spiro atoms. The highest BCUT2D eigenvalue weighted by Crippen LogP contribution is 2.17. The van der Waals surface area contributed by atoms with E-state index in [0.29, 0.717) is 18.6 Å². The van der Waals surface area contributed by atoms with Crippen molar-refractivity contribution < 1.29 is 9.47 Å². The third-order valence-corrected chi connectivity index (χ3v) is 3.36. The lowest BCUT2D eigenvalue weighted by Gasteiger charge is -2.22.